The van der Waals surface area contributed by atoms with Crippen LogP contribution in [0.3, 0.4) is 0 Å². The molecule has 0 unspecified atom stereocenters. The Balaban J connectivity index is 1.66. The van der Waals surface area contributed by atoms with Crippen molar-refractivity contribution in [1.29, 1.82) is 0 Å². The van der Waals surface area contributed by atoms with Gasteiger partial charge in [0, 0.05) is 10.6 Å². The van der Waals surface area contributed by atoms with E-state index >= 15 is 0 Å². The zero-order chi connectivity index (χ0) is 16.4. The smallest absolute Gasteiger partial charge is 0.310 e. The van der Waals surface area contributed by atoms with Gasteiger partial charge in [-0.2, -0.15) is 0 Å². The van der Waals surface area contributed by atoms with Gasteiger partial charge in [-0.1, -0.05) is 29.8 Å². The van der Waals surface area contributed by atoms with Crippen LogP contribution in [0.1, 0.15) is 5.56 Å². The molecule has 0 aromatic heterocycles. The molecule has 3 aliphatic rings. The minimum Gasteiger partial charge on any atom is -0.481 e. The summed E-state index contributed by atoms with van der Waals surface area (Å²) < 4.78 is 19.7. The topological polar surface area (TPSA) is 66.8 Å². The van der Waals surface area contributed by atoms with Gasteiger partial charge < -0.3 is 14.7 Å². The second-order valence-corrected chi connectivity index (χ2v) is 6.54. The molecule has 0 aliphatic carbocycles. The van der Waals surface area contributed by atoms with Crippen molar-refractivity contribution in [3.05, 3.63) is 46.8 Å². The molecule has 1 N–H and O–H groups in total. The average molecular weight is 338 g/mol. The van der Waals surface area contributed by atoms with Crippen molar-refractivity contribution < 1.29 is 23.8 Å². The van der Waals surface area contributed by atoms with Crippen LogP contribution in [0.5, 0.6) is 0 Å². The van der Waals surface area contributed by atoms with Crippen molar-refractivity contribution in [2.24, 2.45) is 11.8 Å². The van der Waals surface area contributed by atoms with E-state index < -0.39 is 35.3 Å². The first-order valence-electron chi connectivity index (χ1n) is 7.24. The zero-order valence-corrected chi connectivity index (χ0v) is 12.7. The molecule has 4 rings (SSSR count). The summed E-state index contributed by atoms with van der Waals surface area (Å²) in [5, 5.41) is 9.63. The van der Waals surface area contributed by atoms with Gasteiger partial charge in [-0.25, -0.2) is 4.39 Å². The van der Waals surface area contributed by atoms with E-state index in [1.165, 1.54) is 17.0 Å². The van der Waals surface area contributed by atoms with Gasteiger partial charge in [0.1, 0.15) is 17.3 Å². The maximum atomic E-state index is 13.9. The van der Waals surface area contributed by atoms with Gasteiger partial charge in [0.2, 0.25) is 5.91 Å². The van der Waals surface area contributed by atoms with E-state index in [0.29, 0.717) is 0 Å². The largest absolute Gasteiger partial charge is 0.481 e. The zero-order valence-electron chi connectivity index (χ0n) is 11.9. The van der Waals surface area contributed by atoms with Gasteiger partial charge in [0.05, 0.1) is 25.1 Å². The molecule has 3 heterocycles. The second-order valence-electron chi connectivity index (χ2n) is 6.13. The van der Waals surface area contributed by atoms with Gasteiger partial charge in [0.15, 0.2) is 0 Å². The molecular weight excluding hydrogens is 325 g/mol. The number of likely N-dealkylation sites (tertiary alicyclic amines) is 1. The molecule has 1 aromatic carbocycles. The first kappa shape index (κ1) is 14.7. The third-order valence-corrected chi connectivity index (χ3v) is 5.23. The van der Waals surface area contributed by atoms with E-state index in [2.05, 4.69) is 0 Å². The number of carbonyl (C=O) groups excluding carboxylic acids is 1. The number of ether oxygens (including phenoxy) is 1. The molecular formula is C16H13ClFNO4. The number of benzene rings is 1. The first-order chi connectivity index (χ1) is 10.9. The lowest BCUT2D eigenvalue weighted by Crippen LogP contribution is -2.39. The van der Waals surface area contributed by atoms with Gasteiger partial charge >= 0.3 is 5.97 Å². The molecule has 120 valence electrons. The third-order valence-electron chi connectivity index (χ3n) is 4.87. The Morgan fingerprint density at radius 3 is 3.00 bits per heavy atom. The number of hydrogen-bond donors (Lipinski definition) is 1. The number of halogens is 2. The Kier molecular flexibility index (Phi) is 3.05. The van der Waals surface area contributed by atoms with Gasteiger partial charge in [-0.05, 0) is 12.1 Å². The summed E-state index contributed by atoms with van der Waals surface area (Å²) in [5.74, 6) is -3.53. The SMILES string of the molecule is O=C(O)[C@H]1[C@H]2C=C[C@@]3(CN(Cc4c(F)cccc4Cl)C(=O)[C@@H]13)O2. The molecule has 7 heteroatoms. The highest BCUT2D eigenvalue weighted by atomic mass is 35.5. The Labute approximate surface area is 136 Å². The molecule has 3 aliphatic heterocycles. The summed E-state index contributed by atoms with van der Waals surface area (Å²) in [4.78, 5) is 25.6. The molecule has 2 saturated heterocycles. The lowest BCUT2D eigenvalue weighted by molar-refractivity contribution is -0.148. The molecule has 2 fully saturated rings. The minimum absolute atomic E-state index is 0.00318. The highest BCUT2D eigenvalue weighted by Gasteiger charge is 2.67. The van der Waals surface area contributed by atoms with Crippen LogP contribution in [-0.4, -0.2) is 40.1 Å². The van der Waals surface area contributed by atoms with Crippen molar-refractivity contribution in [3.63, 3.8) is 0 Å². The summed E-state index contributed by atoms with van der Waals surface area (Å²) in [6.45, 7) is 0.203. The summed E-state index contributed by atoms with van der Waals surface area (Å²) >= 11 is 6.01. The maximum absolute atomic E-state index is 13.9. The van der Waals surface area contributed by atoms with Crippen LogP contribution in [0.2, 0.25) is 5.02 Å². The fourth-order valence-electron chi connectivity index (χ4n) is 3.87. The number of carbonyl (C=O) groups is 2. The molecule has 1 aromatic rings. The van der Waals surface area contributed by atoms with Crippen LogP contribution in [0.4, 0.5) is 4.39 Å². The van der Waals surface area contributed by atoms with Crippen LogP contribution < -0.4 is 0 Å². The minimum atomic E-state index is -1.05. The Morgan fingerprint density at radius 2 is 2.30 bits per heavy atom. The standard InChI is InChI=1S/C16H13ClFNO4/c17-9-2-1-3-10(18)8(9)6-19-7-16-5-4-11(23-16)12(15(21)22)13(16)14(19)20/h1-5,11-13H,6-7H2,(H,21,22)/t11-,12+,13-,16+/m1/s1. The van der Waals surface area contributed by atoms with Crippen molar-refractivity contribution in [2.45, 2.75) is 18.2 Å². The quantitative estimate of drug-likeness (QED) is 0.855. The number of nitrogens with zero attached hydrogens (tertiary/aromatic N) is 1. The fourth-order valence-corrected chi connectivity index (χ4v) is 4.09. The first-order valence-corrected chi connectivity index (χ1v) is 7.62. The van der Waals surface area contributed by atoms with Crippen molar-refractivity contribution in [2.75, 3.05) is 6.54 Å². The Hall–Kier alpha value is -1.92. The number of amides is 1. The predicted octanol–water partition coefficient (Wildman–Crippen LogP) is 1.85. The van der Waals surface area contributed by atoms with Gasteiger partial charge in [0.25, 0.3) is 0 Å². The highest BCUT2D eigenvalue weighted by molar-refractivity contribution is 6.31. The summed E-state index contributed by atoms with van der Waals surface area (Å²) in [7, 11) is 0. The predicted molar refractivity (Wildman–Crippen MR) is 78.2 cm³/mol. The third kappa shape index (κ3) is 1.95. The van der Waals surface area contributed by atoms with Gasteiger partial charge in [-0.15, -0.1) is 0 Å². The molecule has 2 bridgehead atoms. The van der Waals surface area contributed by atoms with Crippen LogP contribution in [0.15, 0.2) is 30.4 Å². The summed E-state index contributed by atoms with van der Waals surface area (Å²) in [5.41, 5.74) is -0.688. The maximum Gasteiger partial charge on any atom is 0.310 e. The number of hydrogen-bond acceptors (Lipinski definition) is 3. The van der Waals surface area contributed by atoms with E-state index in [1.54, 1.807) is 18.2 Å². The number of carboxylic acid groups (broad SMARTS) is 1. The lowest BCUT2D eigenvalue weighted by atomic mass is 9.77. The van der Waals surface area contributed by atoms with E-state index in [1.807, 2.05) is 0 Å². The molecule has 5 nitrogen and oxygen atoms in total. The summed E-state index contributed by atoms with van der Waals surface area (Å²) in [6.07, 6.45) is 2.89. The normalized spacial score (nSPS) is 34.3. The molecule has 0 saturated carbocycles. The molecule has 1 amide bonds. The Bertz CT molecular complexity index is 731. The van der Waals surface area contributed by atoms with Gasteiger partial charge in [-0.3, -0.25) is 9.59 Å². The second kappa shape index (κ2) is 4.79. The lowest BCUT2D eigenvalue weighted by Gasteiger charge is -2.22. The number of fused-ring (bicyclic) bond motifs is 1. The monoisotopic (exact) mass is 337 g/mol. The van der Waals surface area contributed by atoms with Crippen LogP contribution >= 0.6 is 11.6 Å². The average Bonchev–Trinajstić information content (AvgIpc) is 3.12. The van der Waals surface area contributed by atoms with E-state index in [9.17, 15) is 19.1 Å². The molecule has 0 radical (unpaired) electrons. The van der Waals surface area contributed by atoms with E-state index in [4.69, 9.17) is 16.3 Å². The summed E-state index contributed by atoms with van der Waals surface area (Å²) in [6, 6.07) is 4.33. The fraction of sp³-hybridized carbons (Fsp3) is 0.375. The molecule has 4 atom stereocenters. The number of carboxylic acids is 1. The highest BCUT2D eigenvalue weighted by Crippen LogP contribution is 2.52. The van der Waals surface area contributed by atoms with Crippen molar-refractivity contribution in [1.82, 2.24) is 4.90 Å². The van der Waals surface area contributed by atoms with Crippen LogP contribution in [-0.2, 0) is 20.9 Å². The van der Waals surface area contributed by atoms with Crippen molar-refractivity contribution in [3.8, 4) is 0 Å². The van der Waals surface area contributed by atoms with Crippen molar-refractivity contribution >= 4 is 23.5 Å². The molecule has 23 heavy (non-hydrogen) atoms. The van der Waals surface area contributed by atoms with E-state index in [0.717, 1.165) is 0 Å². The number of rotatable bonds is 3. The van der Waals surface area contributed by atoms with Crippen LogP contribution in [0.25, 0.3) is 0 Å². The number of aliphatic carboxylic acids is 1. The molecule has 1 spiro atoms. The Morgan fingerprint density at radius 1 is 1.52 bits per heavy atom. The van der Waals surface area contributed by atoms with Crippen LogP contribution in [0, 0.1) is 17.7 Å². The van der Waals surface area contributed by atoms with E-state index in [-0.39, 0.29) is 29.6 Å².